The van der Waals surface area contributed by atoms with E-state index >= 15 is 4.39 Å². The number of hydrogen-bond acceptors (Lipinski definition) is 7. The number of aromatic nitrogens is 2. The molecule has 4 rings (SSSR count). The van der Waals surface area contributed by atoms with Crippen LogP contribution in [0.1, 0.15) is 66.8 Å². The lowest BCUT2D eigenvalue weighted by Gasteiger charge is -2.24. The topological polar surface area (TPSA) is 102 Å². The highest BCUT2D eigenvalue weighted by molar-refractivity contribution is 6.35. The molecular weight excluding hydrogens is 511 g/mol. The molecule has 1 amide bonds. The van der Waals surface area contributed by atoms with Gasteiger partial charge in [0.2, 0.25) is 5.78 Å². The Morgan fingerprint density at radius 3 is 2.39 bits per heavy atom. The van der Waals surface area contributed by atoms with Crippen molar-refractivity contribution in [1.29, 1.82) is 0 Å². The van der Waals surface area contributed by atoms with Crippen LogP contribution in [-0.2, 0) is 11.3 Å². The minimum atomic E-state index is -0.793. The number of benzene rings is 2. The highest BCUT2D eigenvalue weighted by Crippen LogP contribution is 2.43. The van der Waals surface area contributed by atoms with Gasteiger partial charge in [-0.3, -0.25) is 4.79 Å². The second-order valence-electron chi connectivity index (χ2n) is 10.1. The van der Waals surface area contributed by atoms with Crippen molar-refractivity contribution in [2.24, 2.45) is 5.92 Å². The van der Waals surface area contributed by atoms with E-state index in [-0.39, 0.29) is 27.8 Å². The smallest absolute Gasteiger partial charge is 0.408 e. The number of amides is 1. The summed E-state index contributed by atoms with van der Waals surface area (Å²) in [4.78, 5) is 34.1. The van der Waals surface area contributed by atoms with Crippen LogP contribution in [-0.4, -0.2) is 34.6 Å². The zero-order valence-corrected chi connectivity index (χ0v) is 22.4. The molecule has 0 unspecified atom stereocenters. The van der Waals surface area contributed by atoms with Crippen LogP contribution in [0.15, 0.2) is 48.8 Å². The van der Waals surface area contributed by atoms with E-state index in [0.717, 1.165) is 24.2 Å². The monoisotopic (exact) mass is 540 g/mol. The van der Waals surface area contributed by atoms with Gasteiger partial charge in [0, 0.05) is 12.1 Å². The molecule has 1 atom stereocenters. The van der Waals surface area contributed by atoms with Gasteiger partial charge < -0.3 is 20.1 Å². The minimum Gasteiger partial charge on any atom is -0.497 e. The second kappa shape index (κ2) is 11.3. The first-order valence-electron chi connectivity index (χ1n) is 12.3. The van der Waals surface area contributed by atoms with Crippen molar-refractivity contribution in [1.82, 2.24) is 15.3 Å². The Bertz CT molecular complexity index is 1310. The van der Waals surface area contributed by atoms with Crippen molar-refractivity contribution in [3.8, 4) is 5.75 Å². The molecule has 1 aromatic heterocycles. The van der Waals surface area contributed by atoms with Gasteiger partial charge in [0.1, 0.15) is 28.7 Å². The Morgan fingerprint density at radius 1 is 1.11 bits per heavy atom. The molecule has 1 saturated carbocycles. The van der Waals surface area contributed by atoms with Gasteiger partial charge in [-0.15, -0.1) is 0 Å². The van der Waals surface area contributed by atoms with Crippen LogP contribution < -0.4 is 15.4 Å². The molecular formula is C28H30ClFN4O4. The van der Waals surface area contributed by atoms with E-state index in [1.54, 1.807) is 27.9 Å². The number of carbonyl (C=O) groups is 2. The summed E-state index contributed by atoms with van der Waals surface area (Å²) in [5, 5.41) is 5.84. The van der Waals surface area contributed by atoms with Gasteiger partial charge in [0.25, 0.3) is 0 Å². The number of anilines is 1. The molecule has 2 N–H and O–H groups in total. The molecule has 2 aromatic carbocycles. The van der Waals surface area contributed by atoms with Crippen LogP contribution in [0, 0.1) is 11.7 Å². The first-order chi connectivity index (χ1) is 18.1. The van der Waals surface area contributed by atoms with E-state index in [2.05, 4.69) is 20.6 Å². The van der Waals surface area contributed by atoms with Gasteiger partial charge in [0.05, 0.1) is 36.1 Å². The second-order valence-corrected chi connectivity index (χ2v) is 10.5. The van der Waals surface area contributed by atoms with E-state index in [9.17, 15) is 9.59 Å². The number of hydrogen-bond donors (Lipinski definition) is 2. The Kier molecular flexibility index (Phi) is 8.16. The zero-order valence-electron chi connectivity index (χ0n) is 21.7. The van der Waals surface area contributed by atoms with E-state index < -0.39 is 29.3 Å². The standard InChI is InChI=1S/C28H30ClFN4O4/c1-28(2,3)38-27(36)34-25(17-7-8-17)19-11-12-20(29)23(24(19)30)26(35)21-14-33-22(15-31-21)32-13-16-5-9-18(37-4)10-6-16/h5-6,9-12,14-15,17,25H,7-8,13H2,1-4H3,(H,32,33)(H,34,36)/t25-/m1/s1. The van der Waals surface area contributed by atoms with Crippen LogP contribution in [0.2, 0.25) is 5.02 Å². The number of ketones is 1. The Hall–Kier alpha value is -3.72. The normalized spacial score (nSPS) is 13.9. The third-order valence-corrected chi connectivity index (χ3v) is 6.28. The Morgan fingerprint density at radius 2 is 1.82 bits per heavy atom. The van der Waals surface area contributed by atoms with Gasteiger partial charge in [-0.2, -0.15) is 0 Å². The molecule has 0 radical (unpaired) electrons. The van der Waals surface area contributed by atoms with Gasteiger partial charge in [0.15, 0.2) is 0 Å². The Balaban J connectivity index is 1.50. The fraction of sp³-hybridized carbons (Fsp3) is 0.357. The molecule has 0 aliphatic heterocycles. The number of rotatable bonds is 9. The highest BCUT2D eigenvalue weighted by Gasteiger charge is 2.37. The lowest BCUT2D eigenvalue weighted by Crippen LogP contribution is -2.36. The highest BCUT2D eigenvalue weighted by atomic mass is 35.5. The summed E-state index contributed by atoms with van der Waals surface area (Å²) < 4.78 is 26.3. The van der Waals surface area contributed by atoms with E-state index in [4.69, 9.17) is 21.1 Å². The van der Waals surface area contributed by atoms with Crippen molar-refractivity contribution in [2.45, 2.75) is 51.8 Å². The number of methoxy groups -OCH3 is 1. The van der Waals surface area contributed by atoms with Crippen LogP contribution in [0.25, 0.3) is 0 Å². The zero-order chi connectivity index (χ0) is 27.4. The third kappa shape index (κ3) is 6.77. The quantitative estimate of drug-likeness (QED) is 0.316. The molecule has 1 heterocycles. The lowest BCUT2D eigenvalue weighted by molar-refractivity contribution is 0.0496. The largest absolute Gasteiger partial charge is 0.497 e. The molecule has 1 fully saturated rings. The number of nitrogens with one attached hydrogen (secondary N) is 2. The number of nitrogens with zero attached hydrogens (tertiary/aromatic N) is 2. The fourth-order valence-corrected chi connectivity index (χ4v) is 4.16. The Labute approximate surface area is 225 Å². The van der Waals surface area contributed by atoms with Crippen LogP contribution >= 0.6 is 11.6 Å². The van der Waals surface area contributed by atoms with Crippen molar-refractivity contribution < 1.29 is 23.5 Å². The summed E-state index contributed by atoms with van der Waals surface area (Å²) in [6.45, 7) is 5.74. The molecule has 200 valence electrons. The fourth-order valence-electron chi connectivity index (χ4n) is 3.93. The van der Waals surface area contributed by atoms with Crippen molar-refractivity contribution in [3.63, 3.8) is 0 Å². The predicted octanol–water partition coefficient (Wildman–Crippen LogP) is 6.10. The summed E-state index contributed by atoms with van der Waals surface area (Å²) >= 11 is 6.27. The molecule has 0 bridgehead atoms. The summed E-state index contributed by atoms with van der Waals surface area (Å²) in [6.07, 6.45) is 3.67. The molecule has 10 heteroatoms. The van der Waals surface area contributed by atoms with Gasteiger partial charge >= 0.3 is 6.09 Å². The summed E-state index contributed by atoms with van der Waals surface area (Å²) in [5.74, 6) is -0.241. The molecule has 1 aliphatic rings. The first-order valence-corrected chi connectivity index (χ1v) is 12.6. The van der Waals surface area contributed by atoms with Crippen molar-refractivity contribution in [3.05, 3.63) is 82.0 Å². The van der Waals surface area contributed by atoms with Crippen molar-refractivity contribution >= 4 is 29.3 Å². The maximum Gasteiger partial charge on any atom is 0.408 e. The van der Waals surface area contributed by atoms with Crippen LogP contribution in [0.4, 0.5) is 15.0 Å². The molecule has 8 nitrogen and oxygen atoms in total. The maximum atomic E-state index is 15.8. The number of halogens is 2. The van der Waals surface area contributed by atoms with Gasteiger partial charge in [-0.1, -0.05) is 29.8 Å². The SMILES string of the molecule is COc1ccc(CNc2cnc(C(=O)c3c(Cl)ccc([C@H](NC(=O)OC(C)(C)C)C4CC4)c3F)cn2)cc1. The van der Waals surface area contributed by atoms with Crippen LogP contribution in [0.3, 0.4) is 0 Å². The maximum absolute atomic E-state index is 15.8. The molecule has 1 aliphatic carbocycles. The molecule has 0 saturated heterocycles. The van der Waals surface area contributed by atoms with Gasteiger partial charge in [-0.05, 0) is 63.3 Å². The number of carbonyl (C=O) groups excluding carboxylic acids is 2. The molecule has 3 aromatic rings. The average molecular weight is 541 g/mol. The third-order valence-electron chi connectivity index (χ3n) is 5.97. The first kappa shape index (κ1) is 27.3. The number of ether oxygens (including phenoxy) is 2. The summed E-state index contributed by atoms with van der Waals surface area (Å²) in [6, 6.07) is 9.85. The lowest BCUT2D eigenvalue weighted by atomic mass is 9.96. The van der Waals surface area contributed by atoms with E-state index in [1.807, 2.05) is 24.3 Å². The van der Waals surface area contributed by atoms with Crippen molar-refractivity contribution in [2.75, 3.05) is 12.4 Å². The van der Waals surface area contributed by atoms with Crippen LogP contribution in [0.5, 0.6) is 5.75 Å². The summed E-state index contributed by atoms with van der Waals surface area (Å²) in [7, 11) is 1.60. The molecule has 38 heavy (non-hydrogen) atoms. The van der Waals surface area contributed by atoms with Gasteiger partial charge in [-0.25, -0.2) is 19.2 Å². The average Bonchev–Trinajstić information content (AvgIpc) is 3.71. The minimum absolute atomic E-state index is 0.0389. The molecule has 0 spiro atoms. The van der Waals surface area contributed by atoms with E-state index in [0.29, 0.717) is 12.4 Å². The predicted molar refractivity (Wildman–Crippen MR) is 142 cm³/mol. The summed E-state index contributed by atoms with van der Waals surface area (Å²) in [5.41, 5.74) is 0.113. The number of alkyl carbamates (subject to hydrolysis) is 1. The van der Waals surface area contributed by atoms with E-state index in [1.165, 1.54) is 24.5 Å².